The van der Waals surface area contributed by atoms with Crippen LogP contribution in [-0.2, 0) is 10.3 Å². The second-order valence-electron chi connectivity index (χ2n) is 4.28. The van der Waals surface area contributed by atoms with Gasteiger partial charge in [-0.2, -0.15) is 4.98 Å². The Kier molecular flexibility index (Phi) is 2.75. The fourth-order valence-corrected chi connectivity index (χ4v) is 1.75. The summed E-state index contributed by atoms with van der Waals surface area (Å²) in [5.41, 5.74) is 5.27. The summed E-state index contributed by atoms with van der Waals surface area (Å²) in [5, 5.41) is 3.94. The molecule has 0 amide bonds. The highest BCUT2D eigenvalue weighted by molar-refractivity contribution is 5.01. The van der Waals surface area contributed by atoms with E-state index in [2.05, 4.69) is 10.1 Å². The van der Waals surface area contributed by atoms with E-state index in [1.807, 2.05) is 13.8 Å². The highest BCUT2D eigenvalue weighted by Crippen LogP contribution is 2.32. The first kappa shape index (κ1) is 10.6. The molecule has 0 radical (unpaired) electrons. The van der Waals surface area contributed by atoms with Crippen LogP contribution in [0, 0.1) is 0 Å². The number of rotatable bonds is 2. The molecule has 0 spiro atoms. The average molecular weight is 211 g/mol. The van der Waals surface area contributed by atoms with Gasteiger partial charge in [-0.3, -0.25) is 0 Å². The van der Waals surface area contributed by atoms with E-state index >= 15 is 0 Å². The number of nitrogens with two attached hydrogens (primary N) is 1. The van der Waals surface area contributed by atoms with E-state index in [-0.39, 0.29) is 6.04 Å². The quantitative estimate of drug-likeness (QED) is 0.802. The molecule has 0 bridgehead atoms. The minimum atomic E-state index is -0.394. The van der Waals surface area contributed by atoms with Crippen LogP contribution in [0.2, 0.25) is 0 Å². The lowest BCUT2D eigenvalue weighted by molar-refractivity contribution is -0.0770. The lowest BCUT2D eigenvalue weighted by Crippen LogP contribution is -2.31. The van der Waals surface area contributed by atoms with Gasteiger partial charge in [0, 0.05) is 6.61 Å². The van der Waals surface area contributed by atoms with Crippen LogP contribution in [0.25, 0.3) is 0 Å². The number of aromatic nitrogens is 2. The van der Waals surface area contributed by atoms with Crippen LogP contribution in [0.1, 0.15) is 50.9 Å². The first-order valence-corrected chi connectivity index (χ1v) is 5.35. The largest absolute Gasteiger partial charge is 0.367 e. The Morgan fingerprint density at radius 2 is 2.27 bits per heavy atom. The lowest BCUT2D eigenvalue weighted by atomic mass is 9.95. The molecular weight excluding hydrogens is 194 g/mol. The second kappa shape index (κ2) is 3.90. The Morgan fingerprint density at radius 3 is 2.80 bits per heavy atom. The zero-order valence-corrected chi connectivity index (χ0v) is 9.19. The van der Waals surface area contributed by atoms with Crippen LogP contribution in [0.5, 0.6) is 0 Å². The lowest BCUT2D eigenvalue weighted by Gasteiger charge is -2.30. The van der Waals surface area contributed by atoms with E-state index in [4.69, 9.17) is 15.0 Å². The van der Waals surface area contributed by atoms with Crippen LogP contribution < -0.4 is 5.73 Å². The van der Waals surface area contributed by atoms with Crippen molar-refractivity contribution in [2.45, 2.75) is 44.8 Å². The van der Waals surface area contributed by atoms with E-state index in [1.165, 1.54) is 0 Å². The molecule has 2 atom stereocenters. The monoisotopic (exact) mass is 211 g/mol. The topological polar surface area (TPSA) is 74.2 Å². The molecule has 1 saturated heterocycles. The van der Waals surface area contributed by atoms with Gasteiger partial charge in [-0.05, 0) is 33.1 Å². The zero-order chi connectivity index (χ0) is 10.9. The summed E-state index contributed by atoms with van der Waals surface area (Å²) in [6.07, 6.45) is 3.18. The summed E-state index contributed by atoms with van der Waals surface area (Å²) in [6.45, 7) is 4.59. The van der Waals surface area contributed by atoms with Gasteiger partial charge >= 0.3 is 0 Å². The van der Waals surface area contributed by atoms with Gasteiger partial charge in [0.2, 0.25) is 11.7 Å². The van der Waals surface area contributed by atoms with Gasteiger partial charge in [-0.15, -0.1) is 0 Å². The fourth-order valence-electron chi connectivity index (χ4n) is 1.75. The molecule has 1 unspecified atom stereocenters. The van der Waals surface area contributed by atoms with Crippen molar-refractivity contribution in [3.8, 4) is 0 Å². The zero-order valence-electron chi connectivity index (χ0n) is 9.19. The Bertz CT molecular complexity index is 329. The van der Waals surface area contributed by atoms with Gasteiger partial charge < -0.3 is 15.0 Å². The first-order valence-electron chi connectivity index (χ1n) is 5.35. The van der Waals surface area contributed by atoms with Gasteiger partial charge in [0.1, 0.15) is 5.60 Å². The molecule has 5 heteroatoms. The van der Waals surface area contributed by atoms with Crippen LogP contribution >= 0.6 is 0 Å². The van der Waals surface area contributed by atoms with Gasteiger partial charge in [0.15, 0.2) is 0 Å². The molecule has 0 saturated carbocycles. The van der Waals surface area contributed by atoms with E-state index in [0.29, 0.717) is 11.7 Å². The number of ether oxygens (including phenoxy) is 1. The van der Waals surface area contributed by atoms with Crippen molar-refractivity contribution in [1.82, 2.24) is 10.1 Å². The van der Waals surface area contributed by atoms with Crippen LogP contribution in [0.15, 0.2) is 4.52 Å². The van der Waals surface area contributed by atoms with Gasteiger partial charge in [-0.1, -0.05) is 5.16 Å². The van der Waals surface area contributed by atoms with Crippen molar-refractivity contribution in [3.05, 3.63) is 11.7 Å². The van der Waals surface area contributed by atoms with Crippen molar-refractivity contribution >= 4 is 0 Å². The molecular formula is C10H17N3O2. The summed E-state index contributed by atoms with van der Waals surface area (Å²) >= 11 is 0. The summed E-state index contributed by atoms with van der Waals surface area (Å²) in [5.74, 6) is 1.09. The molecule has 0 aliphatic carbocycles. The Hall–Kier alpha value is -0.940. The second-order valence-corrected chi connectivity index (χ2v) is 4.28. The predicted molar refractivity (Wildman–Crippen MR) is 54.1 cm³/mol. The average Bonchev–Trinajstić information content (AvgIpc) is 2.68. The van der Waals surface area contributed by atoms with E-state index in [9.17, 15) is 0 Å². The van der Waals surface area contributed by atoms with Crippen molar-refractivity contribution in [1.29, 1.82) is 0 Å². The van der Waals surface area contributed by atoms with E-state index < -0.39 is 5.60 Å². The molecule has 2 N–H and O–H groups in total. The molecule has 1 fully saturated rings. The number of hydrogen-bond acceptors (Lipinski definition) is 5. The van der Waals surface area contributed by atoms with Gasteiger partial charge in [0.25, 0.3) is 0 Å². The molecule has 0 aromatic carbocycles. The predicted octanol–water partition coefficient (Wildman–Crippen LogP) is 1.51. The fraction of sp³-hybridized carbons (Fsp3) is 0.800. The summed E-state index contributed by atoms with van der Waals surface area (Å²) in [6, 6.07) is -0.224. The van der Waals surface area contributed by atoms with Crippen molar-refractivity contribution in [3.63, 3.8) is 0 Å². The number of nitrogens with zero attached hydrogens (tertiary/aromatic N) is 2. The van der Waals surface area contributed by atoms with E-state index in [1.54, 1.807) is 0 Å². The number of hydrogen-bond donors (Lipinski definition) is 1. The van der Waals surface area contributed by atoms with Crippen molar-refractivity contribution < 1.29 is 9.26 Å². The maximum absolute atomic E-state index is 5.72. The summed E-state index contributed by atoms with van der Waals surface area (Å²) in [7, 11) is 0. The molecule has 2 heterocycles. The molecule has 1 aromatic heterocycles. The van der Waals surface area contributed by atoms with Crippen LogP contribution in [0.3, 0.4) is 0 Å². The molecule has 1 aliphatic rings. The Balaban J connectivity index is 2.20. The Morgan fingerprint density at radius 1 is 1.47 bits per heavy atom. The molecule has 2 rings (SSSR count). The summed E-state index contributed by atoms with van der Waals surface area (Å²) in [4.78, 5) is 4.28. The minimum absolute atomic E-state index is 0.224. The van der Waals surface area contributed by atoms with Gasteiger partial charge in [-0.25, -0.2) is 0 Å². The third-order valence-corrected chi connectivity index (χ3v) is 2.77. The summed E-state index contributed by atoms with van der Waals surface area (Å²) < 4.78 is 10.8. The SMILES string of the molecule is C[C@H](N)c1nc(C2(C)CCCCO2)no1. The Labute approximate surface area is 89.0 Å². The molecule has 1 aliphatic heterocycles. The molecule has 84 valence electrons. The van der Waals surface area contributed by atoms with E-state index in [0.717, 1.165) is 25.9 Å². The maximum atomic E-state index is 5.72. The standard InChI is InChI=1S/C10H17N3O2/c1-7(11)8-12-9(13-15-8)10(2)5-3-4-6-14-10/h7H,3-6,11H2,1-2H3/t7-,10?/m0/s1. The normalized spacial score (nSPS) is 29.0. The minimum Gasteiger partial charge on any atom is -0.367 e. The van der Waals surface area contributed by atoms with Crippen molar-refractivity contribution in [2.24, 2.45) is 5.73 Å². The molecule has 15 heavy (non-hydrogen) atoms. The van der Waals surface area contributed by atoms with Crippen LogP contribution in [0.4, 0.5) is 0 Å². The third-order valence-electron chi connectivity index (χ3n) is 2.77. The first-order chi connectivity index (χ1) is 7.12. The highest BCUT2D eigenvalue weighted by atomic mass is 16.5. The maximum Gasteiger partial charge on any atom is 0.243 e. The van der Waals surface area contributed by atoms with Gasteiger partial charge in [0.05, 0.1) is 6.04 Å². The van der Waals surface area contributed by atoms with Crippen molar-refractivity contribution in [2.75, 3.05) is 6.61 Å². The molecule has 1 aromatic rings. The van der Waals surface area contributed by atoms with Crippen LogP contribution in [-0.4, -0.2) is 16.7 Å². The highest BCUT2D eigenvalue weighted by Gasteiger charge is 2.35. The smallest absolute Gasteiger partial charge is 0.243 e. The molecule has 5 nitrogen and oxygen atoms in total. The third kappa shape index (κ3) is 2.03.